The van der Waals surface area contributed by atoms with E-state index in [0.717, 1.165) is 4.57 Å². The highest BCUT2D eigenvalue weighted by molar-refractivity contribution is 6.14. The van der Waals surface area contributed by atoms with Gasteiger partial charge in [0.2, 0.25) is 0 Å². The van der Waals surface area contributed by atoms with E-state index in [1.165, 1.54) is 0 Å². The van der Waals surface area contributed by atoms with Crippen LogP contribution >= 0.6 is 0 Å². The Morgan fingerprint density at radius 2 is 0.950 bits per heavy atom. The van der Waals surface area contributed by atoms with Crippen LogP contribution in [-0.2, 0) is 0 Å². The van der Waals surface area contributed by atoms with E-state index in [9.17, 15) is 16.4 Å². The molecule has 0 atom stereocenters. The summed E-state index contributed by atoms with van der Waals surface area (Å²) >= 11 is 0. The summed E-state index contributed by atoms with van der Waals surface area (Å²) in [5, 5.41) is -2.43. The van der Waals surface area contributed by atoms with Crippen molar-refractivity contribution in [3.63, 3.8) is 0 Å². The quantitative estimate of drug-likeness (QED) is 0.168. The van der Waals surface area contributed by atoms with E-state index in [1.54, 1.807) is 60.7 Å². The van der Waals surface area contributed by atoms with E-state index in [2.05, 4.69) is 0 Å². The number of rotatable bonds is 6. The van der Waals surface area contributed by atoms with E-state index in [4.69, 9.17) is 35.8 Å². The first-order valence-electron chi connectivity index (χ1n) is 30.2. The number of aromatic nitrogens is 4. The van der Waals surface area contributed by atoms with Gasteiger partial charge in [-0.3, -0.25) is 0 Å². The van der Waals surface area contributed by atoms with Gasteiger partial charge in [-0.2, -0.15) is 0 Å². The largest absolute Gasteiger partial charge is 0.456 e. The monoisotopic (exact) mass is 790 g/mol. The molecule has 5 nitrogen and oxygen atoms in total. The molecule has 0 aliphatic heterocycles. The summed E-state index contributed by atoms with van der Waals surface area (Å²) in [4.78, 5) is 14.2. The average molecular weight is 791 g/mol. The molecule has 3 heterocycles. The zero-order valence-corrected chi connectivity index (χ0v) is 30.5. The molecule has 0 bridgehead atoms. The molecule has 0 N–H and O–H groups in total. The predicted octanol–water partition coefficient (Wildman–Crippen LogP) is 14.4. The van der Waals surface area contributed by atoms with E-state index >= 15 is 0 Å². The molecule has 12 rings (SSSR count). The SMILES string of the molecule is [2H]c1c([2H])c(-c2c([2H])c(-c3nc(-c4ccccc4)nc(-c4ccccc4)n3)c3c(oc4c([2H])c([2H])c([2H])c([2H])c43)c2[2H])c([2H])c([2H])c1-c1c([2H])c([2H])c(-n2c3c([2H])c([2H])c([2H])c([2H])c3c3c([2H])c4c([2H])c([2H])c([2H])c([2H])c4c([2H])c32)c([2H])c1[2H]. The smallest absolute Gasteiger partial charge is 0.164 e. The maximum atomic E-state index is 10.0. The minimum Gasteiger partial charge on any atom is -0.456 e. The van der Waals surface area contributed by atoms with Crippen LogP contribution in [0.4, 0.5) is 0 Å². The third-order valence-electron chi connectivity index (χ3n) is 9.74. The predicted molar refractivity (Wildman–Crippen MR) is 246 cm³/mol. The third-order valence-corrected chi connectivity index (χ3v) is 9.74. The van der Waals surface area contributed by atoms with Crippen molar-refractivity contribution in [1.29, 1.82) is 0 Å². The van der Waals surface area contributed by atoms with Crippen LogP contribution in [0.3, 0.4) is 0 Å². The Labute approximate surface area is 379 Å². The second-order valence-electron chi connectivity index (χ2n) is 13.3. The summed E-state index contributed by atoms with van der Waals surface area (Å²) in [7, 11) is 0. The van der Waals surface area contributed by atoms with E-state index < -0.39 is 217 Å². The first-order chi connectivity index (χ1) is 39.8. The van der Waals surface area contributed by atoms with Crippen LogP contribution in [0.5, 0.6) is 0 Å². The van der Waals surface area contributed by atoms with Gasteiger partial charge in [0.1, 0.15) is 11.2 Å². The summed E-state index contributed by atoms with van der Waals surface area (Å²) in [6.45, 7) is 0. The molecule has 0 radical (unpaired) electrons. The van der Waals surface area contributed by atoms with Gasteiger partial charge in [0.15, 0.2) is 17.5 Å². The Kier molecular flexibility index (Phi) is 4.07. The summed E-state index contributed by atoms with van der Waals surface area (Å²) in [5.41, 5.74) is -5.22. The maximum absolute atomic E-state index is 10.0. The maximum Gasteiger partial charge on any atom is 0.164 e. The summed E-state index contributed by atoms with van der Waals surface area (Å²) in [6, 6.07) is -2.90. The van der Waals surface area contributed by atoms with Crippen LogP contribution in [0.2, 0.25) is 0 Å². The van der Waals surface area contributed by atoms with Gasteiger partial charge < -0.3 is 8.98 Å². The van der Waals surface area contributed by atoms with Crippen molar-refractivity contribution < 1.29 is 37.3 Å². The molecule has 0 spiro atoms. The Morgan fingerprint density at radius 3 is 1.63 bits per heavy atom. The number of fused-ring (bicyclic) bond motifs is 7. The lowest BCUT2D eigenvalue weighted by Crippen LogP contribution is -2.00. The Morgan fingerprint density at radius 1 is 0.400 bits per heavy atom. The second-order valence-corrected chi connectivity index (χ2v) is 13.3. The summed E-state index contributed by atoms with van der Waals surface area (Å²) in [6.07, 6.45) is 0. The van der Waals surface area contributed by atoms with Gasteiger partial charge in [-0.05, 0) is 81.4 Å². The minimum atomic E-state index is -1.04. The van der Waals surface area contributed by atoms with Gasteiger partial charge in [-0.25, -0.2) is 15.0 Å². The van der Waals surface area contributed by atoms with Crippen LogP contribution in [-0.4, -0.2) is 19.5 Å². The van der Waals surface area contributed by atoms with Crippen molar-refractivity contribution in [2.75, 3.05) is 0 Å². The van der Waals surface area contributed by atoms with Crippen LogP contribution in [0, 0.1) is 0 Å². The highest BCUT2D eigenvalue weighted by Crippen LogP contribution is 2.41. The fraction of sp³-hybridized carbons (Fsp3) is 0. The molecule has 5 heteroatoms. The van der Waals surface area contributed by atoms with Crippen LogP contribution in [0.15, 0.2) is 210 Å². The first-order valence-corrected chi connectivity index (χ1v) is 18.2. The fourth-order valence-corrected chi connectivity index (χ4v) is 7.00. The average Bonchev–Trinajstić information content (AvgIpc) is 1.80. The molecular formula is C55H34N4O. The van der Waals surface area contributed by atoms with Gasteiger partial charge in [-0.15, -0.1) is 0 Å². The van der Waals surface area contributed by atoms with Gasteiger partial charge in [-0.1, -0.05) is 157 Å². The molecule has 0 saturated heterocycles. The zero-order chi connectivity index (χ0) is 60.5. The minimum absolute atomic E-state index is 0.0749. The van der Waals surface area contributed by atoms with Crippen molar-refractivity contribution in [2.45, 2.75) is 0 Å². The number of furan rings is 1. The van der Waals surface area contributed by atoms with E-state index in [0.29, 0.717) is 11.1 Å². The molecular weight excluding hydrogens is 733 g/mol. The number of hydrogen-bond donors (Lipinski definition) is 0. The van der Waals surface area contributed by atoms with Gasteiger partial charge in [0.05, 0.1) is 43.9 Å². The van der Waals surface area contributed by atoms with Crippen molar-refractivity contribution in [3.05, 3.63) is 206 Å². The van der Waals surface area contributed by atoms with Gasteiger partial charge >= 0.3 is 0 Å². The molecule has 0 amide bonds. The summed E-state index contributed by atoms with van der Waals surface area (Å²) in [5.74, 6) is -0.144. The van der Waals surface area contributed by atoms with Crippen molar-refractivity contribution >= 4 is 54.5 Å². The van der Waals surface area contributed by atoms with Crippen LogP contribution in [0.25, 0.3) is 117 Å². The molecule has 3 aromatic heterocycles. The van der Waals surface area contributed by atoms with Crippen LogP contribution < -0.4 is 0 Å². The van der Waals surface area contributed by atoms with Crippen LogP contribution in [0.1, 0.15) is 32.9 Å². The van der Waals surface area contributed by atoms with Gasteiger partial charge in [0, 0.05) is 43.9 Å². The molecule has 60 heavy (non-hydrogen) atoms. The zero-order valence-electron chi connectivity index (χ0n) is 54.5. The Balaban J connectivity index is 1.15. The van der Waals surface area contributed by atoms with E-state index in [1.807, 2.05) is 0 Å². The molecule has 12 aromatic rings. The standard InChI is InChI=1S/C55H34N4O/c1-3-13-38(14-4-1)53-56-54(39-15-5-2-6-16-39)58-55(57-53)47-32-42(34-51-52(47)45-20-10-12-22-50(45)60-51)37-25-23-35(24-26-37)36-27-29-43(30-28-36)59-48-21-11-9-19-44(48)46-31-40-17-7-8-18-41(40)33-49(46)59/h1-34H/i7D,8D,9D,10D,11D,12D,17D,18D,19D,20D,21D,22D,23D,24D,25D,26D,27D,28D,29D,30D,31D,32D,33D,34D. The molecule has 9 aromatic carbocycles. The lowest BCUT2D eigenvalue weighted by molar-refractivity contribution is 0.669. The lowest BCUT2D eigenvalue weighted by atomic mass is 9.96. The highest BCUT2D eigenvalue weighted by atomic mass is 16.3. The number of benzene rings is 9. The lowest BCUT2D eigenvalue weighted by Gasteiger charge is -2.12. The first kappa shape index (κ1) is 17.8. The number of nitrogens with zero attached hydrogens (tertiary/aromatic N) is 4. The van der Waals surface area contributed by atoms with Gasteiger partial charge in [0.25, 0.3) is 0 Å². The molecule has 0 aliphatic rings. The van der Waals surface area contributed by atoms with Crippen molar-refractivity contribution in [2.24, 2.45) is 0 Å². The highest BCUT2D eigenvalue weighted by Gasteiger charge is 2.20. The van der Waals surface area contributed by atoms with Crippen molar-refractivity contribution in [3.8, 4) is 62.1 Å². The molecule has 0 fully saturated rings. The topological polar surface area (TPSA) is 56.7 Å². The third kappa shape index (κ3) is 5.67. The Hall–Kier alpha value is -8.15. The number of para-hydroxylation sites is 2. The summed E-state index contributed by atoms with van der Waals surface area (Å²) < 4.78 is 226. The second kappa shape index (κ2) is 13.8. The fourth-order valence-electron chi connectivity index (χ4n) is 7.00. The normalized spacial score (nSPS) is 17.3. The molecule has 0 aliphatic carbocycles. The van der Waals surface area contributed by atoms with Crippen molar-refractivity contribution in [1.82, 2.24) is 19.5 Å². The number of hydrogen-bond acceptors (Lipinski definition) is 4. The Bertz CT molecular complexity index is 4890. The molecule has 0 unspecified atom stereocenters. The molecule has 0 saturated carbocycles. The molecule has 280 valence electrons. The van der Waals surface area contributed by atoms with E-state index in [-0.39, 0.29) is 33.8 Å².